The molecule has 0 aliphatic heterocycles. The predicted molar refractivity (Wildman–Crippen MR) is 267 cm³/mol. The summed E-state index contributed by atoms with van der Waals surface area (Å²) in [5.41, 5.74) is 0.382. The van der Waals surface area contributed by atoms with Crippen LogP contribution in [0.15, 0.2) is 16.8 Å². The van der Waals surface area contributed by atoms with Crippen molar-refractivity contribution >= 4 is 24.1 Å². The number of esters is 2. The Kier molecular flexibility index (Phi) is 48.6. The van der Waals surface area contributed by atoms with Gasteiger partial charge in [-0.25, -0.2) is 0 Å². The van der Waals surface area contributed by atoms with Gasteiger partial charge in [-0.3, -0.25) is 19.4 Å². The normalized spacial score (nSPS) is 13.3. The maximum Gasteiger partial charge on any atom is 0.308 e. The number of amides is 1. The summed E-state index contributed by atoms with van der Waals surface area (Å²) in [6.07, 6.45) is 28.3. The van der Waals surface area contributed by atoms with E-state index in [1.165, 1.54) is 38.5 Å². The number of carbonyl (C=O) groups is 3. The second kappa shape index (κ2) is 50.5. The van der Waals surface area contributed by atoms with E-state index in [-0.39, 0.29) is 35.8 Å². The zero-order chi connectivity index (χ0) is 48.4. The summed E-state index contributed by atoms with van der Waals surface area (Å²) in [6.45, 7) is 18.9. The highest BCUT2D eigenvalue weighted by Crippen LogP contribution is 2.21. The number of allylic oxidation sites excluding steroid dienone is 1. The number of unbranched alkanes of at least 4 members (excludes halogenated alkanes) is 14. The van der Waals surface area contributed by atoms with Crippen LogP contribution in [0.2, 0.25) is 0 Å². The van der Waals surface area contributed by atoms with E-state index in [1.54, 1.807) is 26.1 Å². The summed E-state index contributed by atoms with van der Waals surface area (Å²) < 4.78 is 46.4. The largest absolute Gasteiger partial charge is 0.465 e. The molecule has 0 aromatic carbocycles. The van der Waals surface area contributed by atoms with Crippen molar-refractivity contribution in [3.63, 3.8) is 0 Å². The highest BCUT2D eigenvalue weighted by molar-refractivity contribution is 5.94. The van der Waals surface area contributed by atoms with Gasteiger partial charge >= 0.3 is 11.9 Å². The molecule has 0 aromatic heterocycles. The zero-order valence-electron chi connectivity index (χ0n) is 43.2. The molecule has 0 radical (unpaired) electrons. The molecule has 0 heterocycles. The van der Waals surface area contributed by atoms with Crippen molar-refractivity contribution in [2.45, 2.75) is 202 Å². The predicted octanol–water partition coefficient (Wildman–Crippen LogP) is 11.3. The van der Waals surface area contributed by atoms with E-state index in [9.17, 15) is 14.4 Å². The van der Waals surface area contributed by atoms with Gasteiger partial charge in [0.25, 0.3) is 5.91 Å². The van der Waals surface area contributed by atoms with Crippen molar-refractivity contribution in [3.05, 3.63) is 11.8 Å². The zero-order valence-corrected chi connectivity index (χ0v) is 43.2. The van der Waals surface area contributed by atoms with Crippen LogP contribution >= 0.6 is 0 Å². The Hall–Kier alpha value is -2.42. The molecule has 1 amide bonds. The third-order valence-electron chi connectivity index (χ3n) is 11.4. The minimum Gasteiger partial charge on any atom is -0.465 e. The molecule has 0 rings (SSSR count). The standard InChI is InChI=1S/C53H100N2O11/c1-7-13-17-23-31-47(29-15-9-3)52(57)65-36-27-20-19-25-34-62-45-49(64-35-26-21-22-28-37-66-53(58)48(30-16-10-4)32-24-18-14-8-2)46-63-44-43-61-42-41-60-40-39-59-38-33-55-51(56)50(11-5)54-12-6/h11-12,47-49H,7-10,13-46H2,1-6H3,(H,55,56)/b50-11-,54-12?. The number of hydrogen-bond donors (Lipinski definition) is 1. The molecule has 0 spiro atoms. The van der Waals surface area contributed by atoms with E-state index in [0.717, 1.165) is 116 Å². The van der Waals surface area contributed by atoms with Crippen molar-refractivity contribution in [3.8, 4) is 0 Å². The Balaban J connectivity index is 4.50. The molecule has 1 N–H and O–H groups in total. The van der Waals surface area contributed by atoms with Gasteiger partial charge in [-0.15, -0.1) is 0 Å². The van der Waals surface area contributed by atoms with Crippen molar-refractivity contribution in [1.82, 2.24) is 5.32 Å². The SMILES string of the molecule is CC=N/C(=C\C)C(=O)NCCOCCOCCOCCOCC(COCCCCCCOC(=O)C(CCCC)CCCCCC)OCCCCCCOC(=O)C(CCCC)CCCCCC. The van der Waals surface area contributed by atoms with Gasteiger partial charge in [0, 0.05) is 26.0 Å². The van der Waals surface area contributed by atoms with Gasteiger partial charge in [-0.05, 0) is 78.1 Å². The Bertz CT molecular complexity index is 1150. The Morgan fingerprint density at radius 2 is 0.864 bits per heavy atom. The number of aliphatic imine (C=N–C) groups is 1. The van der Waals surface area contributed by atoms with Gasteiger partial charge in [0.1, 0.15) is 11.8 Å². The Morgan fingerprint density at radius 1 is 0.455 bits per heavy atom. The van der Waals surface area contributed by atoms with Crippen LogP contribution in [0.1, 0.15) is 196 Å². The first-order valence-corrected chi connectivity index (χ1v) is 26.6. The summed E-state index contributed by atoms with van der Waals surface area (Å²) >= 11 is 0. The molecule has 13 nitrogen and oxygen atoms in total. The average molecular weight is 941 g/mol. The van der Waals surface area contributed by atoms with Crippen LogP contribution in [0.25, 0.3) is 0 Å². The van der Waals surface area contributed by atoms with Crippen LogP contribution in [0.4, 0.5) is 0 Å². The summed E-state index contributed by atoms with van der Waals surface area (Å²) in [4.78, 5) is 41.6. The number of nitrogens with one attached hydrogen (secondary N) is 1. The van der Waals surface area contributed by atoms with Crippen molar-refractivity contribution in [2.24, 2.45) is 16.8 Å². The lowest BCUT2D eigenvalue weighted by molar-refractivity contribution is -0.150. The highest BCUT2D eigenvalue weighted by atomic mass is 16.6. The fraction of sp³-hybridized carbons (Fsp3) is 0.887. The second-order valence-electron chi connectivity index (χ2n) is 17.3. The maximum absolute atomic E-state index is 12.8. The number of carbonyl (C=O) groups excluding carboxylic acids is 3. The van der Waals surface area contributed by atoms with Crippen LogP contribution in [0.5, 0.6) is 0 Å². The summed E-state index contributed by atoms with van der Waals surface area (Å²) in [5.74, 6) is -0.147. The monoisotopic (exact) mass is 941 g/mol. The number of rotatable bonds is 51. The first-order chi connectivity index (χ1) is 32.4. The molecule has 0 fully saturated rings. The van der Waals surface area contributed by atoms with E-state index < -0.39 is 0 Å². The molecule has 0 aliphatic carbocycles. The molecule has 13 heteroatoms. The molecule has 0 saturated heterocycles. The molecule has 66 heavy (non-hydrogen) atoms. The van der Waals surface area contributed by atoms with E-state index >= 15 is 0 Å². The lowest BCUT2D eigenvalue weighted by Gasteiger charge is -2.19. The fourth-order valence-electron chi connectivity index (χ4n) is 7.31. The minimum atomic E-state index is -0.222. The van der Waals surface area contributed by atoms with E-state index in [0.29, 0.717) is 98.1 Å². The van der Waals surface area contributed by atoms with E-state index in [1.807, 2.05) is 0 Å². The summed E-state index contributed by atoms with van der Waals surface area (Å²) in [6, 6.07) is 0. The van der Waals surface area contributed by atoms with Gasteiger partial charge in [0.05, 0.1) is 84.5 Å². The highest BCUT2D eigenvalue weighted by Gasteiger charge is 2.20. The molecule has 0 aliphatic rings. The number of nitrogens with zero attached hydrogens (tertiary/aromatic N) is 1. The van der Waals surface area contributed by atoms with Gasteiger partial charge in [0.2, 0.25) is 0 Å². The number of ether oxygens (including phenoxy) is 8. The first kappa shape index (κ1) is 63.6. The average Bonchev–Trinajstić information content (AvgIpc) is 3.32. The Labute approximate surface area is 403 Å². The van der Waals surface area contributed by atoms with Crippen LogP contribution in [0, 0.1) is 11.8 Å². The van der Waals surface area contributed by atoms with Crippen molar-refractivity contribution < 1.29 is 52.3 Å². The molecule has 0 bridgehead atoms. The third-order valence-corrected chi connectivity index (χ3v) is 11.4. The first-order valence-electron chi connectivity index (χ1n) is 26.6. The van der Waals surface area contributed by atoms with Crippen LogP contribution in [0.3, 0.4) is 0 Å². The van der Waals surface area contributed by atoms with Crippen molar-refractivity contribution in [1.29, 1.82) is 0 Å². The van der Waals surface area contributed by atoms with Crippen LogP contribution < -0.4 is 5.32 Å². The smallest absolute Gasteiger partial charge is 0.308 e. The van der Waals surface area contributed by atoms with Gasteiger partial charge in [0.15, 0.2) is 0 Å². The van der Waals surface area contributed by atoms with Gasteiger partial charge in [-0.1, -0.05) is 124 Å². The fourth-order valence-corrected chi connectivity index (χ4v) is 7.31. The summed E-state index contributed by atoms with van der Waals surface area (Å²) in [5, 5.41) is 2.78. The third kappa shape index (κ3) is 40.6. The van der Waals surface area contributed by atoms with E-state index in [2.05, 4.69) is 38.0 Å². The molecule has 3 atom stereocenters. The molecule has 3 unspecified atom stereocenters. The molecule has 388 valence electrons. The summed E-state index contributed by atoms with van der Waals surface area (Å²) in [7, 11) is 0. The van der Waals surface area contributed by atoms with Gasteiger partial charge in [-0.2, -0.15) is 0 Å². The molecular weight excluding hydrogens is 841 g/mol. The van der Waals surface area contributed by atoms with E-state index in [4.69, 9.17) is 37.9 Å². The Morgan fingerprint density at radius 3 is 1.33 bits per heavy atom. The number of hydrogen-bond acceptors (Lipinski definition) is 12. The molecule has 0 saturated carbocycles. The lowest BCUT2D eigenvalue weighted by atomic mass is 9.95. The van der Waals surface area contributed by atoms with Crippen LogP contribution in [-0.2, 0) is 52.3 Å². The van der Waals surface area contributed by atoms with Crippen LogP contribution in [-0.4, -0.2) is 123 Å². The lowest BCUT2D eigenvalue weighted by Crippen LogP contribution is -2.28. The minimum absolute atomic E-state index is 0.00586. The maximum atomic E-state index is 12.8. The quantitative estimate of drug-likeness (QED) is 0.0269. The van der Waals surface area contributed by atoms with Crippen molar-refractivity contribution in [2.75, 3.05) is 92.4 Å². The second-order valence-corrected chi connectivity index (χ2v) is 17.3. The topological polar surface area (TPSA) is 149 Å². The van der Waals surface area contributed by atoms with Gasteiger partial charge < -0.3 is 43.2 Å². The molecular formula is C53H100N2O11. The molecule has 0 aromatic rings.